The van der Waals surface area contributed by atoms with E-state index in [-0.39, 0.29) is 11.5 Å². The number of aromatic nitrogens is 3. The van der Waals surface area contributed by atoms with Crippen molar-refractivity contribution < 1.29 is 18.7 Å². The lowest BCUT2D eigenvalue weighted by Crippen LogP contribution is -2.07. The summed E-state index contributed by atoms with van der Waals surface area (Å²) in [6, 6.07) is 16.3. The van der Waals surface area contributed by atoms with Crippen molar-refractivity contribution in [3.63, 3.8) is 0 Å². The van der Waals surface area contributed by atoms with Crippen LogP contribution in [0.3, 0.4) is 0 Å². The van der Waals surface area contributed by atoms with Crippen molar-refractivity contribution >= 4 is 29.1 Å². The van der Waals surface area contributed by atoms with Crippen molar-refractivity contribution in [1.82, 2.24) is 14.8 Å². The van der Waals surface area contributed by atoms with Crippen LogP contribution in [0.4, 0.5) is 0 Å². The van der Waals surface area contributed by atoms with E-state index in [4.69, 9.17) is 25.5 Å². The van der Waals surface area contributed by atoms with E-state index < -0.39 is 0 Å². The number of methoxy groups -OCH3 is 2. The van der Waals surface area contributed by atoms with Gasteiger partial charge in [0, 0.05) is 11.1 Å². The molecule has 4 rings (SSSR count). The first-order valence-electron chi connectivity index (χ1n) is 9.68. The first-order valence-corrected chi connectivity index (χ1v) is 11.0. The summed E-state index contributed by atoms with van der Waals surface area (Å²) in [6.07, 6.45) is 1.62. The van der Waals surface area contributed by atoms with Crippen molar-refractivity contribution in [3.05, 3.63) is 77.2 Å². The lowest BCUT2D eigenvalue weighted by Gasteiger charge is -2.10. The molecule has 0 radical (unpaired) electrons. The Hall–Kier alpha value is -3.23. The second kappa shape index (κ2) is 9.93. The Bertz CT molecular complexity index is 1220. The third-order valence-electron chi connectivity index (χ3n) is 4.74. The summed E-state index contributed by atoms with van der Waals surface area (Å²) < 4.78 is 17.9. The van der Waals surface area contributed by atoms with Gasteiger partial charge in [-0.1, -0.05) is 35.5 Å². The van der Waals surface area contributed by atoms with E-state index in [1.807, 2.05) is 41.0 Å². The second-order valence-electron chi connectivity index (χ2n) is 6.76. The first-order chi connectivity index (χ1) is 15.6. The van der Waals surface area contributed by atoms with Gasteiger partial charge in [0.15, 0.2) is 16.8 Å². The monoisotopic (exact) mass is 469 g/mol. The van der Waals surface area contributed by atoms with E-state index in [1.165, 1.54) is 18.9 Å². The van der Waals surface area contributed by atoms with Crippen molar-refractivity contribution in [2.75, 3.05) is 20.0 Å². The SMILES string of the molecule is COc1cccc(-c2nnc(SCC(=O)c3ccc(OC)c(Cl)c3)n2Cc2ccco2)c1. The van der Waals surface area contributed by atoms with Crippen LogP contribution in [0, 0.1) is 0 Å². The van der Waals surface area contributed by atoms with Gasteiger partial charge in [0.05, 0.1) is 37.8 Å². The van der Waals surface area contributed by atoms with E-state index in [0.717, 1.165) is 17.1 Å². The molecular formula is C23H20ClN3O4S. The highest BCUT2D eigenvalue weighted by atomic mass is 35.5. The summed E-state index contributed by atoms with van der Waals surface area (Å²) >= 11 is 7.47. The molecule has 32 heavy (non-hydrogen) atoms. The molecule has 0 amide bonds. The van der Waals surface area contributed by atoms with Crippen molar-refractivity contribution in [1.29, 1.82) is 0 Å². The zero-order valence-corrected chi connectivity index (χ0v) is 19.0. The highest BCUT2D eigenvalue weighted by molar-refractivity contribution is 7.99. The van der Waals surface area contributed by atoms with Crippen LogP contribution in [0.25, 0.3) is 11.4 Å². The highest BCUT2D eigenvalue weighted by Gasteiger charge is 2.18. The van der Waals surface area contributed by atoms with Gasteiger partial charge in [0.1, 0.15) is 17.3 Å². The van der Waals surface area contributed by atoms with E-state index in [9.17, 15) is 4.79 Å². The molecule has 0 saturated heterocycles. The molecule has 0 spiro atoms. The van der Waals surface area contributed by atoms with E-state index >= 15 is 0 Å². The summed E-state index contributed by atoms with van der Waals surface area (Å²) in [5.74, 6) is 2.76. The van der Waals surface area contributed by atoms with Crippen LogP contribution < -0.4 is 9.47 Å². The third-order valence-corrected chi connectivity index (χ3v) is 6.01. The van der Waals surface area contributed by atoms with Crippen LogP contribution in [0.1, 0.15) is 16.1 Å². The molecule has 0 saturated carbocycles. The van der Waals surface area contributed by atoms with Gasteiger partial charge in [-0.2, -0.15) is 0 Å². The van der Waals surface area contributed by atoms with Gasteiger partial charge in [-0.3, -0.25) is 9.36 Å². The Kier molecular flexibility index (Phi) is 6.82. The summed E-state index contributed by atoms with van der Waals surface area (Å²) in [6.45, 7) is 0.428. The summed E-state index contributed by atoms with van der Waals surface area (Å²) in [5, 5.41) is 9.71. The first kappa shape index (κ1) is 22.0. The molecule has 9 heteroatoms. The Labute approximate surface area is 194 Å². The number of carbonyl (C=O) groups excluding carboxylic acids is 1. The number of benzene rings is 2. The zero-order chi connectivity index (χ0) is 22.5. The fourth-order valence-electron chi connectivity index (χ4n) is 3.13. The Morgan fingerprint density at radius 2 is 1.97 bits per heavy atom. The van der Waals surface area contributed by atoms with E-state index in [0.29, 0.717) is 33.9 Å². The molecule has 0 aliphatic rings. The van der Waals surface area contributed by atoms with Gasteiger partial charge in [-0.05, 0) is 42.5 Å². The van der Waals surface area contributed by atoms with E-state index in [2.05, 4.69) is 10.2 Å². The number of carbonyl (C=O) groups is 1. The fourth-order valence-corrected chi connectivity index (χ4v) is 4.22. The van der Waals surface area contributed by atoms with Gasteiger partial charge < -0.3 is 13.9 Å². The molecule has 0 aliphatic heterocycles. The zero-order valence-electron chi connectivity index (χ0n) is 17.4. The lowest BCUT2D eigenvalue weighted by atomic mass is 10.1. The average molecular weight is 470 g/mol. The van der Waals surface area contributed by atoms with Crippen molar-refractivity contribution in [3.8, 4) is 22.9 Å². The van der Waals surface area contributed by atoms with Gasteiger partial charge >= 0.3 is 0 Å². The minimum Gasteiger partial charge on any atom is -0.497 e. The van der Waals surface area contributed by atoms with Gasteiger partial charge in [-0.25, -0.2) is 0 Å². The van der Waals surface area contributed by atoms with Crippen LogP contribution in [0.2, 0.25) is 5.02 Å². The molecule has 0 aliphatic carbocycles. The maximum absolute atomic E-state index is 12.7. The maximum Gasteiger partial charge on any atom is 0.192 e. The number of rotatable bonds is 9. The smallest absolute Gasteiger partial charge is 0.192 e. The summed E-state index contributed by atoms with van der Waals surface area (Å²) in [4.78, 5) is 12.7. The number of Topliss-reactive ketones (excluding diaryl/α,β-unsaturated/α-hetero) is 1. The number of hydrogen-bond acceptors (Lipinski definition) is 7. The molecular weight excluding hydrogens is 450 g/mol. The molecule has 164 valence electrons. The topological polar surface area (TPSA) is 79.4 Å². The third kappa shape index (κ3) is 4.81. The predicted octanol–water partition coefficient (Wildman–Crippen LogP) is 5.23. The number of ether oxygens (including phenoxy) is 2. The fraction of sp³-hybridized carbons (Fsp3) is 0.174. The number of hydrogen-bond donors (Lipinski definition) is 0. The van der Waals surface area contributed by atoms with Crippen LogP contribution in [0.5, 0.6) is 11.5 Å². The summed E-state index contributed by atoms with van der Waals surface area (Å²) in [5.41, 5.74) is 1.36. The molecule has 0 atom stereocenters. The second-order valence-corrected chi connectivity index (χ2v) is 8.11. The number of thioether (sulfide) groups is 1. The predicted molar refractivity (Wildman–Crippen MR) is 123 cm³/mol. The number of ketones is 1. The molecule has 4 aromatic rings. The Balaban J connectivity index is 1.59. The molecule has 0 unspecified atom stereocenters. The minimum atomic E-state index is -0.0740. The van der Waals surface area contributed by atoms with Crippen LogP contribution >= 0.6 is 23.4 Å². The molecule has 2 heterocycles. The molecule has 0 N–H and O–H groups in total. The standard InChI is InChI=1S/C23H20ClN3O4S/c1-29-17-6-3-5-16(11-17)22-25-26-23(27(22)13-18-7-4-10-31-18)32-14-20(28)15-8-9-21(30-2)19(24)12-15/h3-12H,13-14H2,1-2H3. The highest BCUT2D eigenvalue weighted by Crippen LogP contribution is 2.29. The molecule has 2 aromatic carbocycles. The lowest BCUT2D eigenvalue weighted by molar-refractivity contribution is 0.102. The number of halogens is 1. The quantitative estimate of drug-likeness (QED) is 0.245. The molecule has 2 aromatic heterocycles. The minimum absolute atomic E-state index is 0.0740. The summed E-state index contributed by atoms with van der Waals surface area (Å²) in [7, 11) is 3.15. The van der Waals surface area contributed by atoms with Crippen LogP contribution in [-0.2, 0) is 6.54 Å². The van der Waals surface area contributed by atoms with Crippen molar-refractivity contribution in [2.24, 2.45) is 0 Å². The van der Waals surface area contributed by atoms with Gasteiger partial charge in [-0.15, -0.1) is 10.2 Å². The van der Waals surface area contributed by atoms with Crippen molar-refractivity contribution in [2.45, 2.75) is 11.7 Å². The maximum atomic E-state index is 12.7. The van der Waals surface area contributed by atoms with Gasteiger partial charge in [0.2, 0.25) is 0 Å². The molecule has 7 nitrogen and oxygen atoms in total. The largest absolute Gasteiger partial charge is 0.497 e. The molecule has 0 fully saturated rings. The van der Waals surface area contributed by atoms with E-state index in [1.54, 1.807) is 31.6 Å². The molecule has 0 bridgehead atoms. The normalized spacial score (nSPS) is 10.8. The number of furan rings is 1. The number of nitrogens with zero attached hydrogens (tertiary/aromatic N) is 3. The Morgan fingerprint density at radius 3 is 2.69 bits per heavy atom. The van der Waals surface area contributed by atoms with Gasteiger partial charge in [0.25, 0.3) is 0 Å². The Morgan fingerprint density at radius 1 is 1.09 bits per heavy atom. The van der Waals surface area contributed by atoms with Crippen LogP contribution in [0.15, 0.2) is 70.4 Å². The van der Waals surface area contributed by atoms with Crippen LogP contribution in [-0.4, -0.2) is 40.5 Å². The average Bonchev–Trinajstić information content (AvgIpc) is 3.48.